The van der Waals surface area contributed by atoms with E-state index in [1.54, 1.807) is 0 Å². The quantitative estimate of drug-likeness (QED) is 0.125. The molecule has 0 saturated carbocycles. The second-order valence-electron chi connectivity index (χ2n) is 7.90. The third-order valence-corrected chi connectivity index (χ3v) is 8.33. The molecule has 4 nitrogen and oxygen atoms in total. The molecule has 196 valence electrons. The topological polar surface area (TPSA) is 36.9 Å². The molecule has 2 unspecified atom stereocenters. The lowest BCUT2D eigenvalue weighted by atomic mass is 10.0. The van der Waals surface area contributed by atoms with Crippen molar-refractivity contribution in [3.63, 3.8) is 0 Å². The molecule has 0 aliphatic heterocycles. The van der Waals surface area contributed by atoms with Gasteiger partial charge in [0.15, 0.2) is 0 Å². The minimum atomic E-state index is 0.00699. The van der Waals surface area contributed by atoms with Crippen LogP contribution in [0, 0.1) is 0 Å². The van der Waals surface area contributed by atoms with Crippen LogP contribution in [0.25, 0.3) is 0 Å². The molecule has 0 amide bonds. The first-order chi connectivity index (χ1) is 16.8. The lowest BCUT2D eigenvalue weighted by Gasteiger charge is -2.18. The first-order valence-corrected chi connectivity index (χ1v) is 16.6. The average Bonchev–Trinajstić information content (AvgIpc) is 2.80. The van der Waals surface area contributed by atoms with Gasteiger partial charge in [-0.15, -0.1) is 0 Å². The Hall–Kier alpha value is 0.840. The summed E-state index contributed by atoms with van der Waals surface area (Å²) in [6.07, 6.45) is 2.75. The molecule has 0 bridgehead atoms. The SMILES string of the molecule is CCCOCC(Br)COc1c(Br)cc(Cc2cc(Br)c(OCC(CBr)OCCC)c(Br)c2)cc1Br. The molecule has 0 heterocycles. The Labute approximate surface area is 259 Å². The van der Waals surface area contributed by atoms with Gasteiger partial charge >= 0.3 is 0 Å². The van der Waals surface area contributed by atoms with Gasteiger partial charge in [-0.3, -0.25) is 0 Å². The van der Waals surface area contributed by atoms with Crippen LogP contribution in [0.15, 0.2) is 42.2 Å². The molecule has 2 aromatic carbocycles. The van der Waals surface area contributed by atoms with Gasteiger partial charge in [0.05, 0.1) is 29.3 Å². The molecule has 0 fully saturated rings. The zero-order chi connectivity index (χ0) is 25.8. The largest absolute Gasteiger partial charge is 0.490 e. The van der Waals surface area contributed by atoms with Crippen LogP contribution < -0.4 is 9.47 Å². The molecule has 2 rings (SSSR count). The summed E-state index contributed by atoms with van der Waals surface area (Å²) in [5.74, 6) is 1.56. The highest BCUT2D eigenvalue weighted by molar-refractivity contribution is 9.11. The maximum absolute atomic E-state index is 6.06. The summed E-state index contributed by atoms with van der Waals surface area (Å²) in [7, 11) is 0. The van der Waals surface area contributed by atoms with E-state index in [1.807, 2.05) is 0 Å². The van der Waals surface area contributed by atoms with Crippen LogP contribution in [0.4, 0.5) is 0 Å². The Kier molecular flexibility index (Phi) is 16.0. The second kappa shape index (κ2) is 17.4. The van der Waals surface area contributed by atoms with Crippen molar-refractivity contribution in [1.82, 2.24) is 0 Å². The number of benzene rings is 2. The molecular weight excluding hydrogens is 844 g/mol. The molecule has 10 heteroatoms. The number of ether oxygens (including phenoxy) is 4. The van der Waals surface area contributed by atoms with Crippen molar-refractivity contribution in [2.24, 2.45) is 0 Å². The minimum Gasteiger partial charge on any atom is -0.490 e. The summed E-state index contributed by atoms with van der Waals surface area (Å²) in [5, 5.41) is 0.729. The van der Waals surface area contributed by atoms with Gasteiger partial charge in [0.2, 0.25) is 0 Å². The van der Waals surface area contributed by atoms with Crippen LogP contribution in [0.2, 0.25) is 0 Å². The summed E-state index contributed by atoms with van der Waals surface area (Å²) < 4.78 is 27.1. The standard InChI is InChI=1S/C25H30Br6O4/c1-3-5-32-13-18(27)14-34-24-20(28)8-16(9-21(24)29)7-17-10-22(30)25(23(31)11-17)35-15-19(12-26)33-6-4-2/h8-11,18-19H,3-7,12-15H2,1-2H3. The number of hydrogen-bond acceptors (Lipinski definition) is 4. The highest BCUT2D eigenvalue weighted by atomic mass is 79.9. The average molecular weight is 874 g/mol. The predicted octanol–water partition coefficient (Wildman–Crippen LogP) is 9.47. The van der Waals surface area contributed by atoms with E-state index < -0.39 is 0 Å². The summed E-state index contributed by atoms with van der Waals surface area (Å²) in [6, 6.07) is 8.37. The fourth-order valence-electron chi connectivity index (χ4n) is 3.12. The van der Waals surface area contributed by atoms with Crippen LogP contribution >= 0.6 is 95.6 Å². The third-order valence-electron chi connectivity index (χ3n) is 4.72. The van der Waals surface area contributed by atoms with E-state index in [2.05, 4.69) is 134 Å². The molecular formula is C25H30Br6O4. The lowest BCUT2D eigenvalue weighted by molar-refractivity contribution is 0.0361. The predicted molar refractivity (Wildman–Crippen MR) is 165 cm³/mol. The van der Waals surface area contributed by atoms with Crippen LogP contribution in [-0.2, 0) is 15.9 Å². The number of hydrogen-bond donors (Lipinski definition) is 0. The van der Waals surface area contributed by atoms with Gasteiger partial charge in [-0.25, -0.2) is 0 Å². The van der Waals surface area contributed by atoms with Gasteiger partial charge in [0, 0.05) is 18.5 Å². The highest BCUT2D eigenvalue weighted by Crippen LogP contribution is 2.38. The van der Waals surface area contributed by atoms with E-state index in [1.165, 1.54) is 0 Å². The number of halogens is 6. The molecule has 0 aliphatic carbocycles. The summed E-state index contributed by atoms with van der Waals surface area (Å²) in [5.41, 5.74) is 2.30. The van der Waals surface area contributed by atoms with Crippen molar-refractivity contribution in [3.8, 4) is 11.5 Å². The summed E-state index contributed by atoms with van der Waals surface area (Å²) >= 11 is 21.8. The Morgan fingerprint density at radius 2 is 1.20 bits per heavy atom. The van der Waals surface area contributed by atoms with Gasteiger partial charge in [-0.2, -0.15) is 0 Å². The van der Waals surface area contributed by atoms with Crippen molar-refractivity contribution in [3.05, 3.63) is 53.3 Å². The first-order valence-electron chi connectivity index (χ1n) is 11.4. The first kappa shape index (κ1) is 32.1. The minimum absolute atomic E-state index is 0.00699. The molecule has 0 spiro atoms. The van der Waals surface area contributed by atoms with E-state index in [-0.39, 0.29) is 10.9 Å². The highest BCUT2D eigenvalue weighted by Gasteiger charge is 2.16. The van der Waals surface area contributed by atoms with Crippen LogP contribution in [0.1, 0.15) is 37.8 Å². The number of rotatable bonds is 16. The van der Waals surface area contributed by atoms with E-state index in [0.717, 1.165) is 78.3 Å². The van der Waals surface area contributed by atoms with Crippen LogP contribution in [0.5, 0.6) is 11.5 Å². The number of alkyl halides is 2. The van der Waals surface area contributed by atoms with E-state index in [9.17, 15) is 0 Å². The zero-order valence-corrected chi connectivity index (χ0v) is 29.2. The Morgan fingerprint density at radius 1 is 0.714 bits per heavy atom. The van der Waals surface area contributed by atoms with E-state index in [4.69, 9.17) is 18.9 Å². The van der Waals surface area contributed by atoms with Crippen molar-refractivity contribution in [1.29, 1.82) is 0 Å². The summed E-state index contributed by atoms with van der Waals surface area (Å²) in [4.78, 5) is 0.131. The maximum Gasteiger partial charge on any atom is 0.147 e. The van der Waals surface area contributed by atoms with Gasteiger partial charge < -0.3 is 18.9 Å². The lowest BCUT2D eigenvalue weighted by Crippen LogP contribution is -2.24. The van der Waals surface area contributed by atoms with Crippen molar-refractivity contribution >= 4 is 95.6 Å². The molecule has 0 radical (unpaired) electrons. The van der Waals surface area contributed by atoms with Gasteiger partial charge in [0.25, 0.3) is 0 Å². The molecule has 35 heavy (non-hydrogen) atoms. The van der Waals surface area contributed by atoms with E-state index >= 15 is 0 Å². The van der Waals surface area contributed by atoms with Crippen molar-refractivity contribution in [2.45, 2.75) is 44.0 Å². The van der Waals surface area contributed by atoms with Gasteiger partial charge in [-0.05, 0) is 118 Å². The third kappa shape index (κ3) is 11.2. The Bertz CT molecular complexity index is 881. The second-order valence-corrected chi connectivity index (χ2v) is 13.3. The molecule has 0 N–H and O–H groups in total. The fourth-order valence-corrected chi connectivity index (χ4v) is 6.83. The van der Waals surface area contributed by atoms with Gasteiger partial charge in [0.1, 0.15) is 30.8 Å². The normalized spacial score (nSPS) is 13.0. The summed E-state index contributed by atoms with van der Waals surface area (Å²) in [6.45, 7) is 7.28. The Balaban J connectivity index is 2.03. The van der Waals surface area contributed by atoms with Crippen LogP contribution in [-0.4, -0.2) is 49.3 Å². The molecule has 0 aromatic heterocycles. The smallest absolute Gasteiger partial charge is 0.147 e. The van der Waals surface area contributed by atoms with Gasteiger partial charge in [-0.1, -0.05) is 45.7 Å². The molecule has 2 atom stereocenters. The van der Waals surface area contributed by atoms with Crippen LogP contribution in [0.3, 0.4) is 0 Å². The fraction of sp³-hybridized carbons (Fsp3) is 0.520. The Morgan fingerprint density at radius 3 is 1.66 bits per heavy atom. The molecule has 0 aliphatic rings. The molecule has 2 aromatic rings. The van der Waals surface area contributed by atoms with Crippen molar-refractivity contribution < 1.29 is 18.9 Å². The monoisotopic (exact) mass is 868 g/mol. The zero-order valence-electron chi connectivity index (χ0n) is 19.7. The van der Waals surface area contributed by atoms with Crippen molar-refractivity contribution in [2.75, 3.05) is 38.4 Å². The van der Waals surface area contributed by atoms with E-state index in [0.29, 0.717) is 19.8 Å². The maximum atomic E-state index is 6.06. The molecule has 0 saturated heterocycles.